The first kappa shape index (κ1) is 16.6. The zero-order valence-corrected chi connectivity index (χ0v) is 15.2. The number of ether oxygens (including phenoxy) is 5. The largest absolute Gasteiger partial charge is 0.504 e. The van der Waals surface area contributed by atoms with Crippen molar-refractivity contribution in [3.05, 3.63) is 41.5 Å². The van der Waals surface area contributed by atoms with Crippen LogP contribution in [0.1, 0.15) is 15.9 Å². The minimum Gasteiger partial charge on any atom is -0.504 e. The van der Waals surface area contributed by atoms with Gasteiger partial charge in [0, 0.05) is 16.5 Å². The minimum absolute atomic E-state index is 0.0147. The van der Waals surface area contributed by atoms with Crippen molar-refractivity contribution in [1.82, 2.24) is 0 Å². The summed E-state index contributed by atoms with van der Waals surface area (Å²) in [6, 6.07) is 8.63. The van der Waals surface area contributed by atoms with Gasteiger partial charge in [-0.15, -0.1) is 0 Å². The number of methoxy groups -OCH3 is 2. The van der Waals surface area contributed by atoms with Gasteiger partial charge >= 0.3 is 5.97 Å². The number of rotatable bonds is 3. The molecule has 142 valence electrons. The van der Waals surface area contributed by atoms with Gasteiger partial charge in [-0.1, -0.05) is 6.07 Å². The van der Waals surface area contributed by atoms with Crippen molar-refractivity contribution in [2.75, 3.05) is 21.0 Å². The molecule has 0 aliphatic carbocycles. The van der Waals surface area contributed by atoms with E-state index in [4.69, 9.17) is 23.7 Å². The average molecular weight is 380 g/mol. The van der Waals surface area contributed by atoms with E-state index in [1.807, 2.05) is 12.1 Å². The average Bonchev–Trinajstić information content (AvgIpc) is 3.32. The van der Waals surface area contributed by atoms with Crippen LogP contribution in [0.2, 0.25) is 0 Å². The summed E-state index contributed by atoms with van der Waals surface area (Å²) in [7, 11) is 3.04. The first-order valence-corrected chi connectivity index (χ1v) is 8.63. The van der Waals surface area contributed by atoms with Crippen molar-refractivity contribution in [3.8, 4) is 39.9 Å². The molecule has 7 heteroatoms. The smallest absolute Gasteiger partial charge is 0.339 e. The Morgan fingerprint density at radius 2 is 1.68 bits per heavy atom. The van der Waals surface area contributed by atoms with Crippen LogP contribution < -0.4 is 18.9 Å². The maximum atomic E-state index is 12.6. The predicted octanol–water partition coefficient (Wildman–Crippen LogP) is 3.63. The highest BCUT2D eigenvalue weighted by Crippen LogP contribution is 2.49. The summed E-state index contributed by atoms with van der Waals surface area (Å²) in [5.41, 5.74) is 2.50. The number of carbonyl (C=O) groups is 1. The third kappa shape index (κ3) is 2.19. The maximum Gasteiger partial charge on any atom is 0.339 e. The number of hydrogen-bond donors (Lipinski definition) is 1. The van der Waals surface area contributed by atoms with Crippen molar-refractivity contribution in [2.45, 2.75) is 6.61 Å². The Labute approximate surface area is 160 Å². The van der Waals surface area contributed by atoms with E-state index in [2.05, 4.69) is 0 Å². The van der Waals surface area contributed by atoms with Crippen LogP contribution in [0, 0.1) is 0 Å². The quantitative estimate of drug-likeness (QED) is 0.695. The number of phenolic OH excluding ortho intramolecular Hbond substituents is 1. The molecule has 28 heavy (non-hydrogen) atoms. The van der Waals surface area contributed by atoms with E-state index in [1.165, 1.54) is 13.2 Å². The molecule has 1 N–H and O–H groups in total. The number of carbonyl (C=O) groups excluding carboxylic acids is 1. The van der Waals surface area contributed by atoms with E-state index in [0.717, 1.165) is 10.8 Å². The van der Waals surface area contributed by atoms with Crippen LogP contribution in [0.25, 0.3) is 21.9 Å². The summed E-state index contributed by atoms with van der Waals surface area (Å²) in [5.74, 6) is 1.68. The van der Waals surface area contributed by atoms with E-state index in [-0.39, 0.29) is 19.1 Å². The monoisotopic (exact) mass is 380 g/mol. The third-order valence-electron chi connectivity index (χ3n) is 5.08. The Morgan fingerprint density at radius 1 is 0.929 bits per heavy atom. The first-order chi connectivity index (χ1) is 13.6. The van der Waals surface area contributed by atoms with Gasteiger partial charge in [-0.05, 0) is 35.2 Å². The molecule has 0 aromatic heterocycles. The SMILES string of the molecule is COc1cc(-c2c3c(c(OC)c4cc5c(cc24)OCO5)COC3=O)ccc1O. The van der Waals surface area contributed by atoms with Crippen LogP contribution in [-0.4, -0.2) is 32.1 Å². The molecule has 2 heterocycles. The second kappa shape index (κ2) is 5.95. The summed E-state index contributed by atoms with van der Waals surface area (Å²) in [5, 5.41) is 11.5. The van der Waals surface area contributed by atoms with Crippen LogP contribution in [-0.2, 0) is 11.3 Å². The summed E-state index contributed by atoms with van der Waals surface area (Å²) in [4.78, 5) is 12.6. The van der Waals surface area contributed by atoms with Gasteiger partial charge in [0.2, 0.25) is 6.79 Å². The Bertz CT molecular complexity index is 1150. The molecule has 0 unspecified atom stereocenters. The van der Waals surface area contributed by atoms with Gasteiger partial charge in [0.1, 0.15) is 12.4 Å². The fraction of sp³-hybridized carbons (Fsp3) is 0.190. The van der Waals surface area contributed by atoms with E-state index in [1.54, 1.807) is 19.2 Å². The van der Waals surface area contributed by atoms with Crippen molar-refractivity contribution in [2.24, 2.45) is 0 Å². The molecule has 2 aliphatic rings. The lowest BCUT2D eigenvalue weighted by Gasteiger charge is -2.17. The van der Waals surface area contributed by atoms with Gasteiger partial charge in [0.05, 0.1) is 19.8 Å². The van der Waals surface area contributed by atoms with E-state index in [0.29, 0.717) is 45.3 Å². The highest BCUT2D eigenvalue weighted by atomic mass is 16.7. The zero-order valence-electron chi connectivity index (χ0n) is 15.2. The molecule has 0 amide bonds. The molecule has 3 aromatic carbocycles. The molecule has 0 fully saturated rings. The van der Waals surface area contributed by atoms with Crippen molar-refractivity contribution in [1.29, 1.82) is 0 Å². The Morgan fingerprint density at radius 3 is 2.39 bits per heavy atom. The first-order valence-electron chi connectivity index (χ1n) is 8.63. The second-order valence-corrected chi connectivity index (χ2v) is 6.48. The molecule has 0 saturated heterocycles. The summed E-state index contributed by atoms with van der Waals surface area (Å²) in [6.07, 6.45) is 0. The van der Waals surface area contributed by atoms with Crippen molar-refractivity contribution in [3.63, 3.8) is 0 Å². The van der Waals surface area contributed by atoms with Crippen LogP contribution in [0.15, 0.2) is 30.3 Å². The van der Waals surface area contributed by atoms with E-state index in [9.17, 15) is 9.90 Å². The fourth-order valence-corrected chi connectivity index (χ4v) is 3.84. The van der Waals surface area contributed by atoms with Gasteiger partial charge in [0.25, 0.3) is 0 Å². The summed E-state index contributed by atoms with van der Waals surface area (Å²) >= 11 is 0. The lowest BCUT2D eigenvalue weighted by Crippen LogP contribution is -2.01. The molecule has 2 aliphatic heterocycles. The molecule has 0 bridgehead atoms. The van der Waals surface area contributed by atoms with Gasteiger partial charge in [0.15, 0.2) is 23.0 Å². The maximum absolute atomic E-state index is 12.6. The predicted molar refractivity (Wildman–Crippen MR) is 99.4 cm³/mol. The standard InChI is InChI=1S/C21H16O7/c1-24-15-5-10(3-4-14(15)22)18-11-6-16-17(28-9-27-16)7-12(11)20(25-2)13-8-26-21(23)19(13)18/h3-7,22H,8-9H2,1-2H3. The molecule has 7 nitrogen and oxygen atoms in total. The van der Waals surface area contributed by atoms with Crippen LogP contribution >= 0.6 is 0 Å². The number of cyclic esters (lactones) is 1. The van der Waals surface area contributed by atoms with E-state index >= 15 is 0 Å². The van der Waals surface area contributed by atoms with Crippen LogP contribution in [0.5, 0.6) is 28.7 Å². The Balaban J connectivity index is 1.93. The topological polar surface area (TPSA) is 83.5 Å². The number of esters is 1. The number of phenols is 1. The van der Waals surface area contributed by atoms with Crippen molar-refractivity contribution >= 4 is 16.7 Å². The van der Waals surface area contributed by atoms with Crippen LogP contribution in [0.3, 0.4) is 0 Å². The van der Waals surface area contributed by atoms with Gasteiger partial charge in [-0.3, -0.25) is 0 Å². The summed E-state index contributed by atoms with van der Waals surface area (Å²) < 4.78 is 27.3. The second-order valence-electron chi connectivity index (χ2n) is 6.48. The lowest BCUT2D eigenvalue weighted by molar-refractivity contribution is 0.0535. The Hall–Kier alpha value is -3.61. The van der Waals surface area contributed by atoms with Gasteiger partial charge in [-0.2, -0.15) is 0 Å². The highest BCUT2D eigenvalue weighted by molar-refractivity contribution is 6.14. The number of benzene rings is 3. The minimum atomic E-state index is -0.421. The molecule has 0 saturated carbocycles. The number of fused-ring (bicyclic) bond motifs is 3. The Kier molecular flexibility index (Phi) is 3.52. The van der Waals surface area contributed by atoms with Crippen molar-refractivity contribution < 1.29 is 33.6 Å². The summed E-state index contributed by atoms with van der Waals surface area (Å²) in [6.45, 7) is 0.266. The molecular formula is C21H16O7. The molecule has 0 spiro atoms. The normalized spacial score (nSPS) is 14.1. The van der Waals surface area contributed by atoms with Crippen LogP contribution in [0.4, 0.5) is 0 Å². The van der Waals surface area contributed by atoms with Gasteiger partial charge in [-0.25, -0.2) is 4.79 Å². The lowest BCUT2D eigenvalue weighted by atomic mass is 9.89. The molecule has 5 rings (SSSR count). The molecular weight excluding hydrogens is 364 g/mol. The fourth-order valence-electron chi connectivity index (χ4n) is 3.84. The van der Waals surface area contributed by atoms with Gasteiger partial charge < -0.3 is 28.8 Å². The number of aromatic hydroxyl groups is 1. The third-order valence-corrected chi connectivity index (χ3v) is 5.08. The highest BCUT2D eigenvalue weighted by Gasteiger charge is 2.33. The molecule has 0 radical (unpaired) electrons. The van der Waals surface area contributed by atoms with E-state index < -0.39 is 5.97 Å². The number of hydrogen-bond acceptors (Lipinski definition) is 7. The zero-order chi connectivity index (χ0) is 19.4. The molecule has 3 aromatic rings. The molecule has 0 atom stereocenters.